The Morgan fingerprint density at radius 1 is 1.11 bits per heavy atom. The molecule has 3 nitrogen and oxygen atoms in total. The van der Waals surface area contributed by atoms with Crippen LogP contribution in [0.25, 0.3) is 0 Å². The van der Waals surface area contributed by atoms with E-state index in [0.717, 1.165) is 25.1 Å². The molecular weight excluding hydrogens is 238 g/mol. The van der Waals surface area contributed by atoms with Gasteiger partial charge in [0.15, 0.2) is 0 Å². The number of hydrogen-bond acceptors (Lipinski definition) is 3. The predicted octanol–water partition coefficient (Wildman–Crippen LogP) is 1.62. The third kappa shape index (κ3) is 5.89. The molecule has 0 unspecified atom stereocenters. The van der Waals surface area contributed by atoms with Gasteiger partial charge < -0.3 is 10.2 Å². The molecule has 1 aromatic carbocycles. The molecule has 0 atom stereocenters. The van der Waals surface area contributed by atoms with Crippen molar-refractivity contribution in [2.75, 3.05) is 26.3 Å². The Morgan fingerprint density at radius 3 is 2.58 bits per heavy atom. The Bertz CT molecular complexity index is 414. The van der Waals surface area contributed by atoms with Gasteiger partial charge >= 0.3 is 0 Å². The second-order valence-corrected chi connectivity index (χ2v) is 4.43. The van der Waals surface area contributed by atoms with E-state index in [-0.39, 0.29) is 13.2 Å². The van der Waals surface area contributed by atoms with Gasteiger partial charge in [-0.2, -0.15) is 0 Å². The first-order valence-corrected chi connectivity index (χ1v) is 6.82. The molecule has 0 saturated heterocycles. The van der Waals surface area contributed by atoms with Crippen molar-refractivity contribution in [3.05, 3.63) is 35.4 Å². The van der Waals surface area contributed by atoms with E-state index < -0.39 is 0 Å². The largest absolute Gasteiger partial charge is 0.395 e. The van der Waals surface area contributed by atoms with E-state index in [9.17, 15) is 0 Å². The fourth-order valence-electron chi connectivity index (χ4n) is 1.96. The lowest BCUT2D eigenvalue weighted by atomic mass is 10.1. The topological polar surface area (TPSA) is 43.7 Å². The van der Waals surface area contributed by atoms with Crippen molar-refractivity contribution in [2.45, 2.75) is 26.3 Å². The minimum atomic E-state index is 0.0988. The molecule has 0 aromatic heterocycles. The Kier molecular flexibility index (Phi) is 7.92. The molecule has 3 heteroatoms. The molecule has 104 valence electrons. The molecule has 0 aliphatic rings. The number of aliphatic hydroxyl groups is 2. The molecule has 19 heavy (non-hydrogen) atoms. The summed E-state index contributed by atoms with van der Waals surface area (Å²) in [5.74, 6) is 6.07. The maximum atomic E-state index is 9.09. The maximum absolute atomic E-state index is 9.09. The highest BCUT2D eigenvalue weighted by Crippen LogP contribution is 2.11. The fraction of sp³-hybridized carbons (Fsp3) is 0.500. The maximum Gasteiger partial charge on any atom is 0.0558 e. The Hall–Kier alpha value is -1.34. The fourth-order valence-corrected chi connectivity index (χ4v) is 1.96. The van der Waals surface area contributed by atoms with Crippen LogP contribution in [0.5, 0.6) is 0 Å². The normalized spacial score (nSPS) is 10.3. The van der Waals surface area contributed by atoms with Crippen LogP contribution < -0.4 is 0 Å². The molecule has 0 bridgehead atoms. The molecule has 0 radical (unpaired) electrons. The molecule has 1 aromatic rings. The summed E-state index contributed by atoms with van der Waals surface area (Å²) in [6, 6.07) is 8.06. The second kappa shape index (κ2) is 9.57. The van der Waals surface area contributed by atoms with Crippen LogP contribution in [0, 0.1) is 11.8 Å². The van der Waals surface area contributed by atoms with Gasteiger partial charge in [0.25, 0.3) is 0 Å². The van der Waals surface area contributed by atoms with E-state index >= 15 is 0 Å². The summed E-state index contributed by atoms with van der Waals surface area (Å²) in [7, 11) is 0. The van der Waals surface area contributed by atoms with E-state index in [4.69, 9.17) is 10.2 Å². The zero-order valence-electron chi connectivity index (χ0n) is 11.6. The zero-order valence-corrected chi connectivity index (χ0v) is 11.6. The highest BCUT2D eigenvalue weighted by molar-refractivity contribution is 5.41. The average Bonchev–Trinajstić information content (AvgIpc) is 2.41. The van der Waals surface area contributed by atoms with Crippen LogP contribution in [0.1, 0.15) is 30.9 Å². The van der Waals surface area contributed by atoms with Crippen LogP contribution in [0.4, 0.5) is 0 Å². The lowest BCUT2D eigenvalue weighted by Crippen LogP contribution is -2.27. The SMILES string of the molecule is CCCN(CCO)Cc1ccccc1C#CCCO. The lowest BCUT2D eigenvalue weighted by molar-refractivity contribution is 0.190. The highest BCUT2D eigenvalue weighted by atomic mass is 16.3. The molecule has 2 N–H and O–H groups in total. The molecule has 0 aliphatic carbocycles. The first kappa shape index (κ1) is 15.7. The van der Waals surface area contributed by atoms with Crippen LogP contribution in [0.3, 0.4) is 0 Å². The van der Waals surface area contributed by atoms with Crippen molar-refractivity contribution < 1.29 is 10.2 Å². The zero-order chi connectivity index (χ0) is 13.9. The monoisotopic (exact) mass is 261 g/mol. The van der Waals surface area contributed by atoms with E-state index in [1.807, 2.05) is 18.2 Å². The van der Waals surface area contributed by atoms with E-state index in [2.05, 4.69) is 29.7 Å². The van der Waals surface area contributed by atoms with Gasteiger partial charge in [0, 0.05) is 25.1 Å². The van der Waals surface area contributed by atoms with Crippen LogP contribution in [-0.4, -0.2) is 41.4 Å². The summed E-state index contributed by atoms with van der Waals surface area (Å²) < 4.78 is 0. The summed E-state index contributed by atoms with van der Waals surface area (Å²) in [4.78, 5) is 2.23. The van der Waals surface area contributed by atoms with Crippen molar-refractivity contribution in [2.24, 2.45) is 0 Å². The minimum absolute atomic E-state index is 0.0988. The van der Waals surface area contributed by atoms with Crippen molar-refractivity contribution in [3.63, 3.8) is 0 Å². The van der Waals surface area contributed by atoms with Crippen molar-refractivity contribution in [1.29, 1.82) is 0 Å². The molecule has 0 saturated carbocycles. The van der Waals surface area contributed by atoms with Crippen LogP contribution in [-0.2, 0) is 6.54 Å². The minimum Gasteiger partial charge on any atom is -0.395 e. The molecule has 0 aliphatic heterocycles. The van der Waals surface area contributed by atoms with E-state index in [1.165, 1.54) is 5.56 Å². The van der Waals surface area contributed by atoms with Crippen LogP contribution in [0.15, 0.2) is 24.3 Å². The second-order valence-electron chi connectivity index (χ2n) is 4.43. The van der Waals surface area contributed by atoms with E-state index in [1.54, 1.807) is 0 Å². The molecule has 0 heterocycles. The van der Waals surface area contributed by atoms with Crippen molar-refractivity contribution >= 4 is 0 Å². The summed E-state index contributed by atoms with van der Waals surface area (Å²) >= 11 is 0. The third-order valence-corrected chi connectivity index (χ3v) is 2.83. The number of rotatable bonds is 7. The van der Waals surface area contributed by atoms with Gasteiger partial charge in [-0.3, -0.25) is 4.90 Å². The first-order valence-electron chi connectivity index (χ1n) is 6.82. The van der Waals surface area contributed by atoms with Crippen molar-refractivity contribution in [1.82, 2.24) is 4.90 Å². The number of hydrogen-bond donors (Lipinski definition) is 2. The summed E-state index contributed by atoms with van der Waals surface area (Å²) in [6.45, 7) is 4.88. The van der Waals surface area contributed by atoms with Gasteiger partial charge in [0.1, 0.15) is 0 Å². The molecule has 1 rings (SSSR count). The molecule has 0 spiro atoms. The summed E-state index contributed by atoms with van der Waals surface area (Å²) in [5, 5.41) is 17.8. The molecular formula is C16H23NO2. The quantitative estimate of drug-likeness (QED) is 0.733. The van der Waals surface area contributed by atoms with Crippen molar-refractivity contribution in [3.8, 4) is 11.8 Å². The Labute approximate surface area is 115 Å². The van der Waals surface area contributed by atoms with E-state index in [0.29, 0.717) is 13.0 Å². The lowest BCUT2D eigenvalue weighted by Gasteiger charge is -2.21. The summed E-state index contributed by atoms with van der Waals surface area (Å²) in [5.41, 5.74) is 2.19. The predicted molar refractivity (Wildman–Crippen MR) is 77.7 cm³/mol. The number of aliphatic hydroxyl groups excluding tert-OH is 2. The van der Waals surface area contributed by atoms with Gasteiger partial charge in [-0.1, -0.05) is 37.0 Å². The smallest absolute Gasteiger partial charge is 0.0558 e. The summed E-state index contributed by atoms with van der Waals surface area (Å²) in [6.07, 6.45) is 1.57. The van der Waals surface area contributed by atoms with Crippen LogP contribution >= 0.6 is 0 Å². The van der Waals surface area contributed by atoms with Gasteiger partial charge in [-0.25, -0.2) is 0 Å². The van der Waals surface area contributed by atoms with Gasteiger partial charge in [-0.05, 0) is 24.6 Å². The van der Waals surface area contributed by atoms with Gasteiger partial charge in [0.2, 0.25) is 0 Å². The first-order chi connectivity index (χ1) is 9.31. The molecule has 0 fully saturated rings. The average molecular weight is 261 g/mol. The highest BCUT2D eigenvalue weighted by Gasteiger charge is 2.06. The van der Waals surface area contributed by atoms with Crippen LogP contribution in [0.2, 0.25) is 0 Å². The standard InChI is InChI=1S/C16H23NO2/c1-2-10-17(11-13-19)14-16-9-4-3-7-15(16)8-5-6-12-18/h3-4,7,9,18-19H,2,6,10-14H2,1H3. The Morgan fingerprint density at radius 2 is 1.89 bits per heavy atom. The number of benzene rings is 1. The molecule has 0 amide bonds. The number of nitrogens with zero attached hydrogens (tertiary/aromatic N) is 1. The van der Waals surface area contributed by atoms with Gasteiger partial charge in [0.05, 0.1) is 13.2 Å². The van der Waals surface area contributed by atoms with Gasteiger partial charge in [-0.15, -0.1) is 0 Å². The Balaban J connectivity index is 2.78. The third-order valence-electron chi connectivity index (χ3n) is 2.83.